The average molecular weight is 183 g/mol. The van der Waals surface area contributed by atoms with Crippen LogP contribution in [0.15, 0.2) is 12.1 Å². The first kappa shape index (κ1) is 9.60. The molecule has 0 radical (unpaired) electrons. The van der Waals surface area contributed by atoms with Crippen molar-refractivity contribution in [3.63, 3.8) is 0 Å². The Morgan fingerprint density at radius 1 is 1.17 bits per heavy atom. The summed E-state index contributed by atoms with van der Waals surface area (Å²) in [6.45, 7) is 6.38. The molecule has 0 amide bonds. The van der Waals surface area contributed by atoms with Gasteiger partial charge >= 0.3 is 0 Å². The van der Waals surface area contributed by atoms with Gasteiger partial charge in [0.05, 0.1) is 0 Å². The van der Waals surface area contributed by atoms with Crippen molar-refractivity contribution in [3.8, 4) is 0 Å². The molecule has 12 heavy (non-hydrogen) atoms. The van der Waals surface area contributed by atoms with Gasteiger partial charge in [-0.1, -0.05) is 31.0 Å². The highest BCUT2D eigenvalue weighted by Gasteiger charge is 2.01. The molecule has 0 bridgehead atoms. The zero-order chi connectivity index (χ0) is 9.14. The van der Waals surface area contributed by atoms with Crippen LogP contribution in [0.25, 0.3) is 0 Å². The van der Waals surface area contributed by atoms with E-state index in [4.69, 9.17) is 11.6 Å². The van der Waals surface area contributed by atoms with E-state index < -0.39 is 0 Å². The molecule has 1 aromatic carbocycles. The van der Waals surface area contributed by atoms with Gasteiger partial charge in [-0.2, -0.15) is 0 Å². The summed E-state index contributed by atoms with van der Waals surface area (Å²) in [6, 6.07) is 4.25. The first-order chi connectivity index (χ1) is 5.65. The summed E-state index contributed by atoms with van der Waals surface area (Å²) in [5.41, 5.74) is 3.92. The monoisotopic (exact) mass is 182 g/mol. The van der Waals surface area contributed by atoms with Crippen molar-refractivity contribution >= 4 is 11.6 Å². The lowest BCUT2D eigenvalue weighted by molar-refractivity contribution is 0.912. The summed E-state index contributed by atoms with van der Waals surface area (Å²) in [5.74, 6) is 0. The first-order valence-electron chi connectivity index (χ1n) is 4.40. The van der Waals surface area contributed by atoms with Gasteiger partial charge in [-0.25, -0.2) is 0 Å². The highest BCUT2D eigenvalue weighted by molar-refractivity contribution is 6.31. The minimum absolute atomic E-state index is 0.893. The van der Waals surface area contributed by atoms with Gasteiger partial charge in [-0.05, 0) is 43.0 Å². The Hall–Kier alpha value is -0.490. The fourth-order valence-corrected chi connectivity index (χ4v) is 1.59. The minimum Gasteiger partial charge on any atom is -0.0840 e. The van der Waals surface area contributed by atoms with Crippen molar-refractivity contribution in [1.82, 2.24) is 0 Å². The topological polar surface area (TPSA) is 0 Å². The van der Waals surface area contributed by atoms with Crippen LogP contribution in [-0.2, 0) is 6.42 Å². The van der Waals surface area contributed by atoms with E-state index >= 15 is 0 Å². The van der Waals surface area contributed by atoms with Gasteiger partial charge in [0, 0.05) is 5.02 Å². The highest BCUT2D eigenvalue weighted by atomic mass is 35.5. The Morgan fingerprint density at radius 3 is 2.42 bits per heavy atom. The lowest BCUT2D eigenvalue weighted by Crippen LogP contribution is -1.90. The molecule has 0 atom stereocenters. The third kappa shape index (κ3) is 2.01. The fourth-order valence-electron chi connectivity index (χ4n) is 1.41. The molecule has 0 fully saturated rings. The standard InChI is InChI=1S/C11H15Cl/c1-4-5-10-7-11(12)9(3)6-8(10)2/h6-7H,4-5H2,1-3H3. The molecule has 0 spiro atoms. The molecule has 0 aliphatic rings. The van der Waals surface area contributed by atoms with Crippen molar-refractivity contribution in [2.45, 2.75) is 33.6 Å². The lowest BCUT2D eigenvalue weighted by atomic mass is 10.0. The van der Waals surface area contributed by atoms with Crippen molar-refractivity contribution < 1.29 is 0 Å². The fraction of sp³-hybridized carbons (Fsp3) is 0.455. The molecule has 0 aliphatic carbocycles. The van der Waals surface area contributed by atoms with Gasteiger partial charge < -0.3 is 0 Å². The maximum absolute atomic E-state index is 6.02. The Labute approximate surface area is 79.6 Å². The summed E-state index contributed by atoms with van der Waals surface area (Å²) in [7, 11) is 0. The molecule has 1 heteroatoms. The van der Waals surface area contributed by atoms with Gasteiger partial charge in [0.15, 0.2) is 0 Å². The number of hydrogen-bond acceptors (Lipinski definition) is 0. The number of hydrogen-bond donors (Lipinski definition) is 0. The van der Waals surface area contributed by atoms with Gasteiger partial charge in [0.2, 0.25) is 0 Å². The van der Waals surface area contributed by atoms with E-state index in [1.54, 1.807) is 0 Å². The van der Waals surface area contributed by atoms with Crippen LogP contribution in [-0.4, -0.2) is 0 Å². The van der Waals surface area contributed by atoms with Crippen LogP contribution in [0, 0.1) is 13.8 Å². The highest BCUT2D eigenvalue weighted by Crippen LogP contribution is 2.21. The van der Waals surface area contributed by atoms with E-state index in [0.717, 1.165) is 11.4 Å². The third-order valence-corrected chi connectivity index (χ3v) is 2.54. The minimum atomic E-state index is 0.893. The molecule has 0 nitrogen and oxygen atoms in total. The molecular weight excluding hydrogens is 168 g/mol. The maximum atomic E-state index is 6.02. The molecule has 0 unspecified atom stereocenters. The Morgan fingerprint density at radius 2 is 1.83 bits per heavy atom. The number of aryl methyl sites for hydroxylation is 3. The second-order valence-electron chi connectivity index (χ2n) is 3.28. The number of rotatable bonds is 2. The molecule has 0 saturated carbocycles. The molecule has 66 valence electrons. The molecule has 0 saturated heterocycles. The molecular formula is C11H15Cl. The Balaban J connectivity index is 3.05. The molecule has 0 heterocycles. The molecule has 1 rings (SSSR count). The van der Waals surface area contributed by atoms with E-state index in [0.29, 0.717) is 0 Å². The summed E-state index contributed by atoms with van der Waals surface area (Å²) >= 11 is 6.02. The number of benzene rings is 1. The van der Waals surface area contributed by atoms with E-state index in [-0.39, 0.29) is 0 Å². The van der Waals surface area contributed by atoms with Gasteiger partial charge in [-0.15, -0.1) is 0 Å². The van der Waals surface area contributed by atoms with Crippen molar-refractivity contribution in [1.29, 1.82) is 0 Å². The zero-order valence-corrected chi connectivity index (χ0v) is 8.70. The van der Waals surface area contributed by atoms with Crippen molar-refractivity contribution in [2.24, 2.45) is 0 Å². The zero-order valence-electron chi connectivity index (χ0n) is 7.95. The maximum Gasteiger partial charge on any atom is 0.0438 e. The van der Waals surface area contributed by atoms with Crippen molar-refractivity contribution in [2.75, 3.05) is 0 Å². The van der Waals surface area contributed by atoms with Crippen LogP contribution < -0.4 is 0 Å². The van der Waals surface area contributed by atoms with E-state index in [1.807, 2.05) is 6.92 Å². The van der Waals surface area contributed by atoms with Crippen LogP contribution in [0.5, 0.6) is 0 Å². The van der Waals surface area contributed by atoms with Crippen LogP contribution in [0.3, 0.4) is 0 Å². The predicted molar refractivity (Wildman–Crippen MR) is 54.9 cm³/mol. The van der Waals surface area contributed by atoms with Gasteiger partial charge in [0.1, 0.15) is 0 Å². The molecule has 0 N–H and O–H groups in total. The van der Waals surface area contributed by atoms with E-state index in [2.05, 4.69) is 26.0 Å². The van der Waals surface area contributed by atoms with Crippen LogP contribution in [0.4, 0.5) is 0 Å². The summed E-state index contributed by atoms with van der Waals surface area (Å²) in [5, 5.41) is 0.893. The van der Waals surface area contributed by atoms with E-state index in [9.17, 15) is 0 Å². The second kappa shape index (κ2) is 3.95. The Kier molecular flexibility index (Phi) is 3.16. The Bertz CT molecular complexity index is 277. The summed E-state index contributed by atoms with van der Waals surface area (Å²) in [6.07, 6.45) is 2.31. The average Bonchev–Trinajstić information content (AvgIpc) is 2.01. The quantitative estimate of drug-likeness (QED) is 0.651. The lowest BCUT2D eigenvalue weighted by Gasteiger charge is -2.06. The normalized spacial score (nSPS) is 10.3. The van der Waals surface area contributed by atoms with E-state index in [1.165, 1.54) is 23.1 Å². The summed E-state index contributed by atoms with van der Waals surface area (Å²) < 4.78 is 0. The van der Waals surface area contributed by atoms with Gasteiger partial charge in [-0.3, -0.25) is 0 Å². The largest absolute Gasteiger partial charge is 0.0840 e. The van der Waals surface area contributed by atoms with Crippen LogP contribution >= 0.6 is 11.6 Å². The van der Waals surface area contributed by atoms with Crippen LogP contribution in [0.1, 0.15) is 30.0 Å². The molecule has 0 aromatic heterocycles. The third-order valence-electron chi connectivity index (χ3n) is 2.14. The smallest absolute Gasteiger partial charge is 0.0438 e. The first-order valence-corrected chi connectivity index (χ1v) is 4.78. The van der Waals surface area contributed by atoms with Crippen LogP contribution in [0.2, 0.25) is 5.02 Å². The van der Waals surface area contributed by atoms with Gasteiger partial charge in [0.25, 0.3) is 0 Å². The predicted octanol–water partition coefficient (Wildman–Crippen LogP) is 3.91. The number of halogens is 1. The summed E-state index contributed by atoms with van der Waals surface area (Å²) in [4.78, 5) is 0. The second-order valence-corrected chi connectivity index (χ2v) is 3.69. The molecule has 0 aliphatic heterocycles. The SMILES string of the molecule is CCCc1cc(Cl)c(C)cc1C. The van der Waals surface area contributed by atoms with Crippen molar-refractivity contribution in [3.05, 3.63) is 33.8 Å². The molecule has 1 aromatic rings.